The molecule has 0 aromatic heterocycles. The van der Waals surface area contributed by atoms with Gasteiger partial charge < -0.3 is 30.1 Å². The number of hydrogen-bond acceptors (Lipinski definition) is 11. The van der Waals surface area contributed by atoms with Crippen molar-refractivity contribution in [2.24, 2.45) is 11.8 Å². The Balaban J connectivity index is 1.63. The first-order valence-corrected chi connectivity index (χ1v) is 13.5. The molecular formula is C27H39ClN2O10. The number of esters is 1. The fourth-order valence-electron chi connectivity index (χ4n) is 4.21. The topological polar surface area (TPSA) is 178 Å². The third-order valence-electron chi connectivity index (χ3n) is 6.23. The van der Waals surface area contributed by atoms with Gasteiger partial charge >= 0.3 is 5.97 Å². The molecule has 0 saturated heterocycles. The highest BCUT2D eigenvalue weighted by Gasteiger charge is 2.39. The van der Waals surface area contributed by atoms with Crippen molar-refractivity contribution >= 4 is 23.5 Å². The summed E-state index contributed by atoms with van der Waals surface area (Å²) in [4.78, 5) is 27.8. The van der Waals surface area contributed by atoms with Gasteiger partial charge in [0.15, 0.2) is 0 Å². The monoisotopic (exact) mass is 586 g/mol. The van der Waals surface area contributed by atoms with Crippen LogP contribution in [0, 0.1) is 11.8 Å². The van der Waals surface area contributed by atoms with Gasteiger partial charge in [-0.05, 0) is 43.4 Å². The molecule has 6 N–H and O–H groups in total. The third kappa shape index (κ3) is 13.7. The van der Waals surface area contributed by atoms with E-state index in [4.69, 9.17) is 31.5 Å². The summed E-state index contributed by atoms with van der Waals surface area (Å²) in [6.45, 7) is -0.287. The van der Waals surface area contributed by atoms with E-state index in [0.29, 0.717) is 30.0 Å². The van der Waals surface area contributed by atoms with Crippen LogP contribution in [0.3, 0.4) is 0 Å². The molecule has 0 radical (unpaired) electrons. The summed E-state index contributed by atoms with van der Waals surface area (Å²) in [5, 5.41) is 50.4. The Labute approximate surface area is 238 Å². The summed E-state index contributed by atoms with van der Waals surface area (Å²) in [6, 6.07) is 6.85. The lowest BCUT2D eigenvalue weighted by Crippen LogP contribution is -2.30. The quantitative estimate of drug-likeness (QED) is 0.0642. The van der Waals surface area contributed by atoms with E-state index in [1.54, 1.807) is 36.4 Å². The first-order valence-electron chi connectivity index (χ1n) is 13.1. The number of aliphatic hydroxyl groups excluding tert-OH is 3. The van der Waals surface area contributed by atoms with E-state index < -0.39 is 29.7 Å². The average molecular weight is 587 g/mol. The van der Waals surface area contributed by atoms with Gasteiger partial charge in [-0.25, -0.2) is 0 Å². The predicted octanol–water partition coefficient (Wildman–Crippen LogP) is 2.17. The number of nitrogens with one attached hydrogen (secondary N) is 1. The van der Waals surface area contributed by atoms with Crippen molar-refractivity contribution in [3.63, 3.8) is 0 Å². The largest absolute Gasteiger partial charge is 0.491 e. The number of allylic oxidation sites excluding steroid dienone is 2. The minimum atomic E-state index is -0.895. The molecule has 13 heteroatoms. The van der Waals surface area contributed by atoms with E-state index in [1.165, 1.54) is 0 Å². The number of rotatable bonds is 18. The van der Waals surface area contributed by atoms with E-state index >= 15 is 0 Å². The van der Waals surface area contributed by atoms with Crippen molar-refractivity contribution in [1.82, 2.24) is 10.7 Å². The molecule has 0 spiro atoms. The van der Waals surface area contributed by atoms with Crippen LogP contribution in [0.5, 0.6) is 5.75 Å². The maximum absolute atomic E-state index is 11.9. The molecule has 0 unspecified atom stereocenters. The summed E-state index contributed by atoms with van der Waals surface area (Å²) in [7, 11) is 0. The zero-order valence-electron chi connectivity index (χ0n) is 22.2. The molecule has 0 bridgehead atoms. The first kappa shape index (κ1) is 33.7. The normalized spacial score (nSPS) is 21.8. The van der Waals surface area contributed by atoms with Gasteiger partial charge in [-0.3, -0.25) is 24.8 Å². The van der Waals surface area contributed by atoms with Crippen molar-refractivity contribution in [3.05, 3.63) is 53.6 Å². The van der Waals surface area contributed by atoms with E-state index in [1.807, 2.05) is 12.2 Å². The predicted molar refractivity (Wildman–Crippen MR) is 143 cm³/mol. The average Bonchev–Trinajstić information content (AvgIpc) is 3.18. The van der Waals surface area contributed by atoms with E-state index in [9.17, 15) is 24.9 Å². The van der Waals surface area contributed by atoms with Crippen molar-refractivity contribution in [1.29, 1.82) is 0 Å². The SMILES string of the molecule is O=C(CCC/C=C\C[C@@H]1[C@@H](/C=C/[C@@H](O)COc2cccc(Cl)c2)[C@H](O)C[C@@H]1O)NCC(=O)OCCCON(O)O. The van der Waals surface area contributed by atoms with Crippen LogP contribution in [0.2, 0.25) is 5.02 Å². The second-order valence-electron chi connectivity index (χ2n) is 9.37. The molecule has 12 nitrogen and oxygen atoms in total. The van der Waals surface area contributed by atoms with Gasteiger partial charge in [-0.15, -0.1) is 0 Å². The zero-order valence-corrected chi connectivity index (χ0v) is 22.9. The van der Waals surface area contributed by atoms with Gasteiger partial charge in [0.25, 0.3) is 0 Å². The fraction of sp³-hybridized carbons (Fsp3) is 0.556. The van der Waals surface area contributed by atoms with Gasteiger partial charge in [0.1, 0.15) is 25.0 Å². The number of unbranched alkanes of at least 4 members (excludes halogenated alkanes) is 1. The smallest absolute Gasteiger partial charge is 0.325 e. The highest BCUT2D eigenvalue weighted by atomic mass is 35.5. The molecule has 0 heterocycles. The number of aliphatic hydroxyl groups is 3. The summed E-state index contributed by atoms with van der Waals surface area (Å²) in [5.74, 6) is -0.895. The van der Waals surface area contributed by atoms with Crippen LogP contribution >= 0.6 is 11.6 Å². The summed E-state index contributed by atoms with van der Waals surface area (Å²) < 4.78 is 10.4. The Kier molecular flexibility index (Phi) is 15.8. The van der Waals surface area contributed by atoms with Gasteiger partial charge in [-0.2, -0.15) is 0 Å². The molecule has 1 aromatic rings. The van der Waals surface area contributed by atoms with Crippen LogP contribution in [0.15, 0.2) is 48.6 Å². The molecule has 1 aromatic carbocycles. The van der Waals surface area contributed by atoms with Crippen molar-refractivity contribution in [2.45, 2.75) is 56.8 Å². The first-order chi connectivity index (χ1) is 19.2. The molecular weight excluding hydrogens is 548 g/mol. The molecule has 2 rings (SSSR count). The summed E-state index contributed by atoms with van der Waals surface area (Å²) in [6.07, 6.45) is 7.26. The van der Waals surface area contributed by atoms with Gasteiger partial charge in [0.2, 0.25) is 5.91 Å². The second-order valence-corrected chi connectivity index (χ2v) is 9.80. The van der Waals surface area contributed by atoms with Crippen LogP contribution in [-0.2, 0) is 19.2 Å². The number of ether oxygens (including phenoxy) is 2. The lowest BCUT2D eigenvalue weighted by atomic mass is 9.89. The summed E-state index contributed by atoms with van der Waals surface area (Å²) in [5.41, 5.74) is 0. The van der Waals surface area contributed by atoms with Crippen molar-refractivity contribution in [3.8, 4) is 5.75 Å². The van der Waals surface area contributed by atoms with Crippen LogP contribution in [-0.4, -0.2) is 87.7 Å². The lowest BCUT2D eigenvalue weighted by Gasteiger charge is -2.19. The van der Waals surface area contributed by atoms with Crippen molar-refractivity contribution < 1.29 is 49.6 Å². The molecule has 1 aliphatic carbocycles. The lowest BCUT2D eigenvalue weighted by molar-refractivity contribution is -0.492. The van der Waals surface area contributed by atoms with E-state index in [-0.39, 0.29) is 63.4 Å². The third-order valence-corrected chi connectivity index (χ3v) is 6.46. The van der Waals surface area contributed by atoms with Gasteiger partial charge in [-0.1, -0.05) is 42.0 Å². The molecule has 0 aliphatic heterocycles. The number of nitrogens with zero attached hydrogens (tertiary/aromatic N) is 1. The van der Waals surface area contributed by atoms with Crippen LogP contribution in [0.4, 0.5) is 0 Å². The maximum atomic E-state index is 11.9. The number of hydrogen-bond donors (Lipinski definition) is 6. The Morgan fingerprint density at radius 2 is 1.95 bits per heavy atom. The zero-order chi connectivity index (χ0) is 29.3. The van der Waals surface area contributed by atoms with Gasteiger partial charge in [0.05, 0.1) is 30.8 Å². The Morgan fingerprint density at radius 1 is 1.15 bits per heavy atom. The molecule has 1 aliphatic rings. The number of carbonyl (C=O) groups is 2. The number of carbonyl (C=O) groups excluding carboxylic acids is 2. The van der Waals surface area contributed by atoms with E-state index in [2.05, 4.69) is 10.2 Å². The molecule has 1 amide bonds. The highest BCUT2D eigenvalue weighted by molar-refractivity contribution is 6.30. The highest BCUT2D eigenvalue weighted by Crippen LogP contribution is 2.36. The van der Waals surface area contributed by atoms with Crippen LogP contribution in [0.25, 0.3) is 0 Å². The van der Waals surface area contributed by atoms with E-state index in [0.717, 1.165) is 0 Å². The fourth-order valence-corrected chi connectivity index (χ4v) is 4.39. The minimum Gasteiger partial charge on any atom is -0.491 e. The minimum absolute atomic E-state index is 0.00960. The molecule has 1 saturated carbocycles. The Morgan fingerprint density at radius 3 is 2.70 bits per heavy atom. The number of halogens is 1. The molecule has 5 atom stereocenters. The second kappa shape index (κ2) is 18.7. The van der Waals surface area contributed by atoms with Crippen molar-refractivity contribution in [2.75, 3.05) is 26.4 Å². The Hall–Kier alpha value is -2.55. The molecule has 40 heavy (non-hydrogen) atoms. The number of amides is 1. The van der Waals surface area contributed by atoms with Crippen LogP contribution in [0.1, 0.15) is 38.5 Å². The summed E-state index contributed by atoms with van der Waals surface area (Å²) >= 11 is 5.93. The van der Waals surface area contributed by atoms with Crippen LogP contribution < -0.4 is 10.1 Å². The molecule has 224 valence electrons. The number of benzene rings is 1. The molecule has 1 fully saturated rings. The standard InChI is InChI=1S/C27H39ClN2O10/c28-19-7-5-8-21(15-19)39-18-20(31)11-12-23-22(24(32)16-25(23)33)9-3-1-2-4-10-26(34)29-17-27(35)38-13-6-14-40-30(36)37/h1,3,5,7-8,11-12,15,20,22-25,31-33,36-37H,2,4,6,9-10,13-14,16-18H2,(H,29,34)/b3-1-,12-11+/t20-,22-,23-,24+,25-/m1/s1. The maximum Gasteiger partial charge on any atom is 0.325 e. The van der Waals surface area contributed by atoms with Gasteiger partial charge in [0, 0.05) is 30.2 Å². The Bertz CT molecular complexity index is 961.